The summed E-state index contributed by atoms with van der Waals surface area (Å²) in [6.45, 7) is 15.9. The summed E-state index contributed by atoms with van der Waals surface area (Å²) in [4.78, 5) is 79.5. The molecule has 1 aliphatic heterocycles. The van der Waals surface area contributed by atoms with Gasteiger partial charge in [0.05, 0.1) is 75.7 Å². The molecule has 63 heavy (non-hydrogen) atoms. The molecule has 0 saturated carbocycles. The second-order valence-electron chi connectivity index (χ2n) is 17.6. The zero-order valence-electron chi connectivity index (χ0n) is 40.2. The Hall–Kier alpha value is -3.71. The van der Waals surface area contributed by atoms with Crippen LogP contribution in [0.4, 0.5) is 0 Å². The lowest BCUT2D eigenvalue weighted by Gasteiger charge is -2.41. The van der Waals surface area contributed by atoms with Crippen molar-refractivity contribution < 1.29 is 47.8 Å². The molecule has 0 aromatic heterocycles. The van der Waals surface area contributed by atoms with E-state index in [1.165, 1.54) is 7.11 Å². The fourth-order valence-corrected chi connectivity index (χ4v) is 8.57. The number of nitrogens with two attached hydrogens (primary N) is 1. The van der Waals surface area contributed by atoms with E-state index in [0.717, 1.165) is 12.0 Å². The van der Waals surface area contributed by atoms with E-state index in [0.29, 0.717) is 39.2 Å². The SMILES string of the molecule is CC[C@@H](C)C([C@H](CC(=O)N1CCCC1[C@@H](OC)[C@H](C)C(=O)N[C@H](Cc1ccccc1)C(=O)NCCOCCOCCON)OC)N(C)C(=O)[C@H](NC(=O)C(C(C)C)N(C)C)C(C)C. The molecule has 5 N–H and O–H groups in total. The zero-order valence-corrected chi connectivity index (χ0v) is 40.2. The molecule has 360 valence electrons. The summed E-state index contributed by atoms with van der Waals surface area (Å²) in [6, 6.07) is 6.46. The summed E-state index contributed by atoms with van der Waals surface area (Å²) in [6.07, 6.45) is 0.967. The summed E-state index contributed by atoms with van der Waals surface area (Å²) in [5, 5.41) is 8.88. The van der Waals surface area contributed by atoms with E-state index >= 15 is 0 Å². The molecule has 0 radical (unpaired) electrons. The van der Waals surface area contributed by atoms with Crippen molar-refractivity contribution in [2.45, 2.75) is 123 Å². The third kappa shape index (κ3) is 17.3. The van der Waals surface area contributed by atoms with Gasteiger partial charge in [-0.15, -0.1) is 0 Å². The van der Waals surface area contributed by atoms with Crippen LogP contribution in [0.3, 0.4) is 0 Å². The molecule has 17 heteroatoms. The van der Waals surface area contributed by atoms with Crippen LogP contribution in [-0.2, 0) is 54.2 Å². The Balaban J connectivity index is 2.23. The molecule has 5 amide bonds. The van der Waals surface area contributed by atoms with E-state index in [4.69, 9.17) is 24.8 Å². The van der Waals surface area contributed by atoms with Gasteiger partial charge in [-0.05, 0) is 50.3 Å². The Kier molecular flexibility index (Phi) is 25.5. The maximum absolute atomic E-state index is 14.4. The van der Waals surface area contributed by atoms with Crippen molar-refractivity contribution >= 4 is 29.5 Å². The number of rotatable bonds is 30. The highest BCUT2D eigenvalue weighted by molar-refractivity contribution is 5.90. The van der Waals surface area contributed by atoms with Crippen molar-refractivity contribution in [3.8, 4) is 0 Å². The fraction of sp³-hybridized carbons (Fsp3) is 0.761. The van der Waals surface area contributed by atoms with Crippen molar-refractivity contribution in [1.29, 1.82) is 0 Å². The number of likely N-dealkylation sites (N-methyl/N-ethyl adjacent to an activating group) is 2. The average Bonchev–Trinajstić information content (AvgIpc) is 3.73. The molecule has 17 nitrogen and oxygen atoms in total. The van der Waals surface area contributed by atoms with Crippen LogP contribution in [-0.4, -0.2) is 168 Å². The van der Waals surface area contributed by atoms with Gasteiger partial charge in [-0.2, -0.15) is 0 Å². The Morgan fingerprint density at radius 3 is 2.02 bits per heavy atom. The molecule has 0 aliphatic carbocycles. The maximum atomic E-state index is 14.4. The van der Waals surface area contributed by atoms with E-state index in [2.05, 4.69) is 20.8 Å². The van der Waals surface area contributed by atoms with Crippen LogP contribution < -0.4 is 21.8 Å². The quantitative estimate of drug-likeness (QED) is 0.0650. The van der Waals surface area contributed by atoms with Gasteiger partial charge >= 0.3 is 0 Å². The van der Waals surface area contributed by atoms with Gasteiger partial charge in [0.1, 0.15) is 12.1 Å². The number of carbonyl (C=O) groups is 5. The molecule has 2 rings (SSSR count). The van der Waals surface area contributed by atoms with Gasteiger partial charge < -0.3 is 49.5 Å². The molecule has 0 spiro atoms. The average molecular weight is 892 g/mol. The normalized spacial score (nSPS) is 18.0. The number of amides is 5. The van der Waals surface area contributed by atoms with Crippen molar-refractivity contribution in [1.82, 2.24) is 30.7 Å². The molecule has 9 atom stereocenters. The monoisotopic (exact) mass is 892 g/mol. The first-order chi connectivity index (χ1) is 29.9. The van der Waals surface area contributed by atoms with Crippen molar-refractivity contribution in [2.24, 2.45) is 29.6 Å². The fourth-order valence-electron chi connectivity index (χ4n) is 8.57. The van der Waals surface area contributed by atoms with E-state index < -0.39 is 48.3 Å². The molecule has 1 aromatic carbocycles. The number of benzene rings is 1. The van der Waals surface area contributed by atoms with Crippen LogP contribution in [0.15, 0.2) is 30.3 Å². The third-order valence-corrected chi connectivity index (χ3v) is 12.1. The van der Waals surface area contributed by atoms with Gasteiger partial charge in [0, 0.05) is 40.8 Å². The molecular weight excluding hydrogens is 811 g/mol. The molecule has 3 unspecified atom stereocenters. The lowest BCUT2D eigenvalue weighted by molar-refractivity contribution is -0.148. The first-order valence-corrected chi connectivity index (χ1v) is 22.6. The highest BCUT2D eigenvalue weighted by Gasteiger charge is 2.43. The summed E-state index contributed by atoms with van der Waals surface area (Å²) >= 11 is 0. The van der Waals surface area contributed by atoms with E-state index in [-0.39, 0.29) is 79.9 Å². The molecule has 1 aromatic rings. The summed E-state index contributed by atoms with van der Waals surface area (Å²) in [5.74, 6) is 2.68. The van der Waals surface area contributed by atoms with Crippen LogP contribution in [0.25, 0.3) is 0 Å². The lowest BCUT2D eigenvalue weighted by atomic mass is 9.89. The second-order valence-corrected chi connectivity index (χ2v) is 17.6. The zero-order chi connectivity index (χ0) is 47.2. The van der Waals surface area contributed by atoms with Crippen LogP contribution >= 0.6 is 0 Å². The molecule has 1 aliphatic rings. The number of hydrogen-bond acceptors (Lipinski definition) is 12. The standard InChI is InChI=1S/C46H81N7O10/c1-13-32(6)41(52(10)46(58)39(30(2)3)50-45(57)40(31(4)5)51(8)9)37(59-11)29-38(54)53-22-17-20-36(53)42(60-12)33(7)43(55)49-35(28-34-18-15-14-16-19-34)44(56)48-21-23-61-24-25-62-26-27-63-47/h14-16,18-19,30-33,35-37,39-42H,13,17,20-29,47H2,1-12H3,(H,48,56)(H,49,55)(H,50,57)/t32-,33+,35-,36?,37+,39-,40?,41?,42+/m1/s1. The van der Waals surface area contributed by atoms with Crippen LogP contribution in [0.1, 0.15) is 79.7 Å². The molecule has 1 fully saturated rings. The number of ether oxygens (including phenoxy) is 4. The molecule has 0 bridgehead atoms. The first kappa shape index (κ1) is 55.4. The van der Waals surface area contributed by atoms with E-state index in [9.17, 15) is 24.0 Å². The Bertz CT molecular complexity index is 1510. The van der Waals surface area contributed by atoms with Gasteiger partial charge in [-0.3, -0.25) is 28.9 Å². The number of carbonyl (C=O) groups excluding carboxylic acids is 5. The molecule has 1 saturated heterocycles. The lowest BCUT2D eigenvalue weighted by Crippen LogP contribution is -2.59. The summed E-state index contributed by atoms with van der Waals surface area (Å²) in [7, 11) is 8.51. The smallest absolute Gasteiger partial charge is 0.245 e. The number of hydrogen-bond donors (Lipinski definition) is 4. The van der Waals surface area contributed by atoms with Crippen molar-refractivity contribution in [2.75, 3.05) is 81.5 Å². The predicted octanol–water partition coefficient (Wildman–Crippen LogP) is 2.40. The minimum absolute atomic E-state index is 0.00923. The Morgan fingerprint density at radius 2 is 1.46 bits per heavy atom. The number of nitrogens with zero attached hydrogens (tertiary/aromatic N) is 3. The second kappa shape index (κ2) is 29.0. The number of nitrogens with one attached hydrogen (secondary N) is 3. The highest BCUT2D eigenvalue weighted by atomic mass is 16.6. The Morgan fingerprint density at radius 1 is 0.825 bits per heavy atom. The van der Waals surface area contributed by atoms with E-state index in [1.54, 1.807) is 30.9 Å². The minimum atomic E-state index is -0.881. The van der Waals surface area contributed by atoms with Crippen molar-refractivity contribution in [3.05, 3.63) is 35.9 Å². The van der Waals surface area contributed by atoms with Gasteiger partial charge in [0.2, 0.25) is 29.5 Å². The van der Waals surface area contributed by atoms with Crippen LogP contribution in [0, 0.1) is 23.7 Å². The number of methoxy groups -OCH3 is 2. The summed E-state index contributed by atoms with van der Waals surface area (Å²) < 4.78 is 23.0. The topological polar surface area (TPSA) is 203 Å². The summed E-state index contributed by atoms with van der Waals surface area (Å²) in [5.41, 5.74) is 0.876. The highest BCUT2D eigenvalue weighted by Crippen LogP contribution is 2.30. The van der Waals surface area contributed by atoms with Gasteiger partial charge in [-0.25, -0.2) is 5.90 Å². The van der Waals surface area contributed by atoms with E-state index in [1.807, 2.05) is 90.9 Å². The van der Waals surface area contributed by atoms with Crippen molar-refractivity contribution in [3.63, 3.8) is 0 Å². The van der Waals surface area contributed by atoms with Gasteiger partial charge in [-0.1, -0.05) is 85.2 Å². The number of likely N-dealkylation sites (tertiary alicyclic amines) is 1. The van der Waals surface area contributed by atoms with Crippen LogP contribution in [0.2, 0.25) is 0 Å². The molecular formula is C46H81N7O10. The van der Waals surface area contributed by atoms with Gasteiger partial charge in [0.25, 0.3) is 0 Å². The maximum Gasteiger partial charge on any atom is 0.245 e. The third-order valence-electron chi connectivity index (χ3n) is 12.1. The minimum Gasteiger partial charge on any atom is -0.379 e. The van der Waals surface area contributed by atoms with Crippen LogP contribution in [0.5, 0.6) is 0 Å². The first-order valence-electron chi connectivity index (χ1n) is 22.6. The largest absolute Gasteiger partial charge is 0.379 e. The van der Waals surface area contributed by atoms with Gasteiger partial charge in [0.15, 0.2) is 0 Å². The Labute approximate surface area is 377 Å². The molecule has 1 heterocycles. The predicted molar refractivity (Wildman–Crippen MR) is 242 cm³/mol.